The largest absolute Gasteiger partial charge is 0.493 e. The minimum absolute atomic E-state index is 0.0124. The highest BCUT2D eigenvalue weighted by atomic mass is 32.1. The Morgan fingerprint density at radius 2 is 1.76 bits per heavy atom. The summed E-state index contributed by atoms with van der Waals surface area (Å²) < 4.78 is 6.12. The third-order valence-corrected chi connectivity index (χ3v) is 9.72. The maximum atomic E-state index is 13.9. The van der Waals surface area contributed by atoms with E-state index in [1.54, 1.807) is 41.7 Å². The van der Waals surface area contributed by atoms with Gasteiger partial charge in [-0.3, -0.25) is 9.59 Å². The minimum Gasteiger partial charge on any atom is -0.493 e. The summed E-state index contributed by atoms with van der Waals surface area (Å²) in [4.78, 5) is 45.0. The summed E-state index contributed by atoms with van der Waals surface area (Å²) in [6.45, 7) is 5.27. The van der Waals surface area contributed by atoms with E-state index in [1.165, 1.54) is 6.07 Å². The van der Waals surface area contributed by atoms with Crippen molar-refractivity contribution in [2.45, 2.75) is 58.5 Å². The molecule has 2 aromatic heterocycles. The van der Waals surface area contributed by atoms with Gasteiger partial charge in [0.2, 0.25) is 0 Å². The van der Waals surface area contributed by atoms with Crippen LogP contribution in [0.15, 0.2) is 60.0 Å². The van der Waals surface area contributed by atoms with Crippen molar-refractivity contribution < 1.29 is 24.2 Å². The number of carbonyl (C=O) groups is 3. The number of benzene rings is 2. The Labute approximate surface area is 265 Å². The van der Waals surface area contributed by atoms with Crippen LogP contribution < -0.4 is 21.1 Å². The first-order valence-corrected chi connectivity index (χ1v) is 16.0. The summed E-state index contributed by atoms with van der Waals surface area (Å²) in [5.74, 6) is -1.59. The lowest BCUT2D eigenvalue weighted by molar-refractivity contribution is 0.0691. The summed E-state index contributed by atoms with van der Waals surface area (Å²) in [5, 5.41) is 18.3. The second-order valence-corrected chi connectivity index (χ2v) is 13.3. The quantitative estimate of drug-likeness (QED) is 0.183. The predicted octanol–water partition coefficient (Wildman–Crippen LogP) is 6.52. The molecule has 2 aliphatic rings. The van der Waals surface area contributed by atoms with Crippen LogP contribution in [0.25, 0.3) is 21.6 Å². The lowest BCUT2D eigenvalue weighted by Gasteiger charge is -2.34. The van der Waals surface area contributed by atoms with Gasteiger partial charge in [-0.15, -0.1) is 11.3 Å². The first kappa shape index (κ1) is 30.5. The van der Waals surface area contributed by atoms with Crippen molar-refractivity contribution in [1.29, 1.82) is 0 Å². The fourth-order valence-corrected chi connectivity index (χ4v) is 7.00. The molecule has 45 heavy (non-hydrogen) atoms. The highest BCUT2D eigenvalue weighted by Gasteiger charge is 2.29. The summed E-state index contributed by atoms with van der Waals surface area (Å²) in [7, 11) is 0. The van der Waals surface area contributed by atoms with Gasteiger partial charge >= 0.3 is 5.97 Å². The Bertz CT molecular complexity index is 1770. The lowest BCUT2D eigenvalue weighted by atomic mass is 9.75. The zero-order valence-corrected chi connectivity index (χ0v) is 26.1. The van der Waals surface area contributed by atoms with E-state index in [0.29, 0.717) is 36.6 Å². The number of carboxylic acid groups (broad SMARTS) is 1. The maximum Gasteiger partial charge on any atom is 0.355 e. The first-order valence-electron chi connectivity index (χ1n) is 15.2. The number of rotatable bonds is 7. The molecular weight excluding hydrogens is 588 g/mol. The van der Waals surface area contributed by atoms with Crippen molar-refractivity contribution in [2.24, 2.45) is 11.1 Å². The summed E-state index contributed by atoms with van der Waals surface area (Å²) >= 11 is 1.56. The van der Waals surface area contributed by atoms with Gasteiger partial charge in [0.25, 0.3) is 11.8 Å². The van der Waals surface area contributed by atoms with Gasteiger partial charge in [-0.05, 0) is 90.1 Å². The molecule has 3 heterocycles. The number of ether oxygens (including phenoxy) is 1. The number of carboxylic acids is 1. The SMILES string of the molecule is CC1(C)CCC(NC(=O)c2ccc(-c3cc4c(cc3C(=O)Nc3ccc(CN)cc3)-c3sccc3CCO4)c(C(=O)O)n2)CC1. The number of pyridine rings is 1. The van der Waals surface area contributed by atoms with Crippen LogP contribution in [-0.2, 0) is 13.0 Å². The van der Waals surface area contributed by atoms with Gasteiger partial charge in [0.05, 0.1) is 6.61 Å². The number of thiophene rings is 1. The second-order valence-electron chi connectivity index (χ2n) is 12.4. The number of nitrogens with zero attached hydrogens (tertiary/aromatic N) is 1. The monoisotopic (exact) mass is 624 g/mol. The number of fused-ring (bicyclic) bond motifs is 3. The van der Waals surface area contributed by atoms with E-state index in [9.17, 15) is 19.5 Å². The fourth-order valence-electron chi connectivity index (χ4n) is 6.02. The Morgan fingerprint density at radius 3 is 2.47 bits per heavy atom. The van der Waals surface area contributed by atoms with Crippen molar-refractivity contribution >= 4 is 34.8 Å². The standard InChI is InChI=1S/C35H36N4O5S/c1-35(2)13-9-23(10-14-35)38-33(41)28-8-7-24(30(39-28)34(42)43)25-18-29-27(31-21(11-15-44-29)12-16-45-31)17-26(25)32(40)37-22-5-3-20(19-36)4-6-22/h3-8,12,16-18,23H,9-11,13-15,19,36H2,1-2H3,(H,37,40)(H,38,41)(H,42,43). The smallest absolute Gasteiger partial charge is 0.355 e. The van der Waals surface area contributed by atoms with Crippen molar-refractivity contribution in [3.8, 4) is 27.3 Å². The number of hydrogen-bond acceptors (Lipinski definition) is 7. The Morgan fingerprint density at radius 1 is 1.00 bits per heavy atom. The Hall–Kier alpha value is -4.54. The molecule has 0 saturated heterocycles. The normalized spacial score (nSPS) is 15.6. The maximum absolute atomic E-state index is 13.9. The van der Waals surface area contributed by atoms with Gasteiger partial charge in [0, 0.05) is 51.8 Å². The summed E-state index contributed by atoms with van der Waals surface area (Å²) in [5.41, 5.74) is 9.87. The van der Waals surface area contributed by atoms with Crippen LogP contribution in [-0.4, -0.2) is 40.5 Å². The van der Waals surface area contributed by atoms with E-state index in [1.807, 2.05) is 17.5 Å². The van der Waals surface area contributed by atoms with Crippen LogP contribution >= 0.6 is 11.3 Å². The molecule has 0 spiro atoms. The zero-order chi connectivity index (χ0) is 31.7. The van der Waals surface area contributed by atoms with E-state index in [2.05, 4.69) is 35.5 Å². The number of amides is 2. The molecule has 2 amide bonds. The average molecular weight is 625 g/mol. The van der Waals surface area contributed by atoms with Crippen molar-refractivity contribution in [3.05, 3.63) is 88.1 Å². The summed E-state index contributed by atoms with van der Waals surface area (Å²) in [6, 6.07) is 15.8. The molecule has 232 valence electrons. The number of nitrogens with two attached hydrogens (primary N) is 1. The fraction of sp³-hybridized carbons (Fsp3) is 0.314. The Balaban J connectivity index is 1.40. The molecule has 1 aliphatic carbocycles. The molecule has 0 atom stereocenters. The van der Waals surface area contributed by atoms with Crippen LogP contribution in [0.5, 0.6) is 5.75 Å². The van der Waals surface area contributed by atoms with E-state index in [0.717, 1.165) is 47.3 Å². The summed E-state index contributed by atoms with van der Waals surface area (Å²) in [6.07, 6.45) is 4.43. The lowest BCUT2D eigenvalue weighted by Crippen LogP contribution is -2.39. The number of anilines is 1. The van der Waals surface area contributed by atoms with Crippen LogP contribution in [0.2, 0.25) is 0 Å². The van der Waals surface area contributed by atoms with Crippen LogP contribution in [0.3, 0.4) is 0 Å². The molecule has 5 N–H and O–H groups in total. The molecule has 1 saturated carbocycles. The second kappa shape index (κ2) is 12.5. The minimum atomic E-state index is -1.31. The van der Waals surface area contributed by atoms with Gasteiger partial charge in [0.1, 0.15) is 11.4 Å². The van der Waals surface area contributed by atoms with E-state index >= 15 is 0 Å². The van der Waals surface area contributed by atoms with E-state index in [-0.39, 0.29) is 34.0 Å². The number of carbonyl (C=O) groups excluding carboxylic acids is 2. The number of aromatic nitrogens is 1. The molecular formula is C35H36N4O5S. The molecule has 2 aromatic carbocycles. The average Bonchev–Trinajstić information content (AvgIpc) is 3.43. The van der Waals surface area contributed by atoms with E-state index < -0.39 is 17.8 Å². The highest BCUT2D eigenvalue weighted by molar-refractivity contribution is 7.13. The van der Waals surface area contributed by atoms with Crippen LogP contribution in [0.4, 0.5) is 5.69 Å². The van der Waals surface area contributed by atoms with Gasteiger partial charge < -0.3 is 26.2 Å². The molecule has 6 rings (SSSR count). The molecule has 4 aromatic rings. The predicted molar refractivity (Wildman–Crippen MR) is 175 cm³/mol. The highest BCUT2D eigenvalue weighted by Crippen LogP contribution is 2.43. The van der Waals surface area contributed by atoms with Gasteiger partial charge in [0.15, 0.2) is 5.69 Å². The molecule has 0 bridgehead atoms. The first-order chi connectivity index (χ1) is 21.6. The van der Waals surface area contributed by atoms with Gasteiger partial charge in [-0.25, -0.2) is 9.78 Å². The third-order valence-electron chi connectivity index (χ3n) is 8.73. The molecule has 10 heteroatoms. The molecule has 1 aliphatic heterocycles. The molecule has 0 radical (unpaired) electrons. The van der Waals surface area contributed by atoms with Crippen molar-refractivity contribution in [2.75, 3.05) is 11.9 Å². The molecule has 9 nitrogen and oxygen atoms in total. The van der Waals surface area contributed by atoms with E-state index in [4.69, 9.17) is 10.5 Å². The third kappa shape index (κ3) is 6.48. The van der Waals surface area contributed by atoms with Crippen molar-refractivity contribution in [3.63, 3.8) is 0 Å². The Kier molecular flexibility index (Phi) is 8.44. The topological polar surface area (TPSA) is 144 Å². The number of nitrogens with one attached hydrogen (secondary N) is 2. The zero-order valence-electron chi connectivity index (χ0n) is 25.3. The van der Waals surface area contributed by atoms with Gasteiger partial charge in [-0.2, -0.15) is 0 Å². The van der Waals surface area contributed by atoms with Crippen LogP contribution in [0.1, 0.15) is 82.0 Å². The van der Waals surface area contributed by atoms with Crippen LogP contribution in [0, 0.1) is 5.41 Å². The number of hydrogen-bond donors (Lipinski definition) is 4. The van der Waals surface area contributed by atoms with Gasteiger partial charge in [-0.1, -0.05) is 26.0 Å². The van der Waals surface area contributed by atoms with Crippen molar-refractivity contribution in [1.82, 2.24) is 10.3 Å². The molecule has 1 fully saturated rings. The number of aromatic carboxylic acids is 1. The molecule has 0 unspecified atom stereocenters.